The molecule has 174 valence electrons. The van der Waals surface area contributed by atoms with E-state index in [1.165, 1.54) is 25.1 Å². The summed E-state index contributed by atoms with van der Waals surface area (Å²) < 4.78 is 21.8. The van der Waals surface area contributed by atoms with Gasteiger partial charge in [-0.25, -0.2) is 0 Å². The Morgan fingerprint density at radius 1 is 1.19 bits per heavy atom. The molecule has 8 atom stereocenters. The lowest BCUT2D eigenvalue weighted by atomic mass is 10.0. The van der Waals surface area contributed by atoms with Gasteiger partial charge in [-0.15, -0.1) is 0 Å². The second-order valence-corrected chi connectivity index (χ2v) is 7.44. The zero-order valence-electron chi connectivity index (χ0n) is 16.6. The maximum Gasteiger partial charge on any atom is 0.229 e. The number of aliphatic hydroxyl groups is 6. The first-order valence-electron chi connectivity index (χ1n) is 9.55. The molecule has 3 rings (SSSR count). The fraction of sp³-hybridized carbons (Fsp3) is 0.632. The van der Waals surface area contributed by atoms with E-state index in [4.69, 9.17) is 18.9 Å². The van der Waals surface area contributed by atoms with Crippen molar-refractivity contribution in [1.82, 2.24) is 0 Å². The number of carbonyl (C=O) groups excluding carboxylic acids is 1. The van der Waals surface area contributed by atoms with Gasteiger partial charge in [0.25, 0.3) is 0 Å². The summed E-state index contributed by atoms with van der Waals surface area (Å²) in [4.78, 5) is 11.4. The zero-order chi connectivity index (χ0) is 22.9. The number of hydrogen-bond donors (Lipinski definition) is 7. The number of aromatic hydroxyl groups is 1. The Morgan fingerprint density at radius 3 is 2.45 bits per heavy atom. The van der Waals surface area contributed by atoms with E-state index in [1.807, 2.05) is 0 Å². The van der Waals surface area contributed by atoms with Crippen molar-refractivity contribution in [2.75, 3.05) is 19.8 Å². The molecule has 2 aliphatic rings. The molecule has 2 heterocycles. The van der Waals surface area contributed by atoms with Crippen LogP contribution in [0.1, 0.15) is 17.3 Å². The molecule has 0 radical (unpaired) electrons. The average molecular weight is 446 g/mol. The average Bonchev–Trinajstić information content (AvgIpc) is 2.99. The molecule has 0 aromatic heterocycles. The molecule has 2 aliphatic heterocycles. The number of ether oxygens (including phenoxy) is 4. The van der Waals surface area contributed by atoms with Crippen molar-refractivity contribution in [1.29, 1.82) is 0 Å². The van der Waals surface area contributed by atoms with Crippen LogP contribution in [0.15, 0.2) is 18.2 Å². The Bertz CT molecular complexity index is 787. The molecule has 2 fully saturated rings. The quantitative estimate of drug-likeness (QED) is 0.213. The first-order valence-corrected chi connectivity index (χ1v) is 9.55. The van der Waals surface area contributed by atoms with Crippen LogP contribution in [0, 0.1) is 0 Å². The molecule has 7 N–H and O–H groups in total. The van der Waals surface area contributed by atoms with Crippen LogP contribution in [0.2, 0.25) is 0 Å². The summed E-state index contributed by atoms with van der Waals surface area (Å²) in [7, 11) is 0. The molecule has 0 bridgehead atoms. The maximum absolute atomic E-state index is 11.4. The number of ketones is 1. The summed E-state index contributed by atoms with van der Waals surface area (Å²) in [5, 5.41) is 70.0. The third-order valence-electron chi connectivity index (χ3n) is 5.28. The van der Waals surface area contributed by atoms with Gasteiger partial charge < -0.3 is 54.7 Å². The van der Waals surface area contributed by atoms with Crippen LogP contribution in [-0.4, -0.2) is 110 Å². The third kappa shape index (κ3) is 4.53. The lowest BCUT2D eigenvalue weighted by Crippen LogP contribution is -2.61. The van der Waals surface area contributed by atoms with Crippen molar-refractivity contribution in [3.8, 4) is 11.5 Å². The summed E-state index contributed by atoms with van der Waals surface area (Å²) in [6, 6.07) is 3.85. The van der Waals surface area contributed by atoms with Gasteiger partial charge in [-0.3, -0.25) is 4.79 Å². The van der Waals surface area contributed by atoms with Crippen molar-refractivity contribution in [3.63, 3.8) is 0 Å². The standard InChI is InChI=1S/C19H26O12/c1-8(22)9-2-3-12(10(23)4-9)29-18-16(14(25)11(24)6-28-18)31-19(7-21)17(27)15(26)13(5-20)30-19/h2-4,11,13-18,20-21,23-27H,5-7H2,1H3/t11-,13-,14+,15-,16-,17+,18+,19+/m1/s1. The largest absolute Gasteiger partial charge is 0.504 e. The van der Waals surface area contributed by atoms with Gasteiger partial charge in [0.1, 0.15) is 37.1 Å². The van der Waals surface area contributed by atoms with Crippen molar-refractivity contribution < 1.29 is 59.5 Å². The first kappa shape index (κ1) is 23.8. The SMILES string of the molecule is CC(=O)c1ccc(O[C@@H]2OC[C@@H](O)[C@H](O)[C@H]2O[C@]2(CO)O[C@H](CO)[C@@H](O)[C@@H]2O)c(O)c1. The van der Waals surface area contributed by atoms with Gasteiger partial charge in [0, 0.05) is 5.56 Å². The van der Waals surface area contributed by atoms with Crippen LogP contribution in [0.5, 0.6) is 11.5 Å². The number of aliphatic hydroxyl groups excluding tert-OH is 6. The molecule has 0 aliphatic carbocycles. The van der Waals surface area contributed by atoms with Crippen LogP contribution in [0.25, 0.3) is 0 Å². The summed E-state index contributed by atoms with van der Waals surface area (Å²) >= 11 is 0. The van der Waals surface area contributed by atoms with Gasteiger partial charge in [0.15, 0.2) is 23.4 Å². The van der Waals surface area contributed by atoms with Gasteiger partial charge in [0.05, 0.1) is 13.2 Å². The van der Waals surface area contributed by atoms with E-state index in [-0.39, 0.29) is 23.7 Å². The Hall–Kier alpha value is -1.87. The van der Waals surface area contributed by atoms with E-state index in [0.29, 0.717) is 0 Å². The van der Waals surface area contributed by atoms with Crippen LogP contribution in [0.4, 0.5) is 0 Å². The predicted molar refractivity (Wildman–Crippen MR) is 99.2 cm³/mol. The van der Waals surface area contributed by atoms with E-state index in [9.17, 15) is 40.5 Å². The van der Waals surface area contributed by atoms with E-state index in [0.717, 1.165) is 0 Å². The lowest BCUT2D eigenvalue weighted by molar-refractivity contribution is -0.350. The number of phenols is 1. The normalized spacial score (nSPS) is 38.2. The van der Waals surface area contributed by atoms with Crippen LogP contribution < -0.4 is 4.74 Å². The molecule has 2 saturated heterocycles. The number of carbonyl (C=O) groups is 1. The molecule has 0 unspecified atom stereocenters. The fourth-order valence-corrected chi connectivity index (χ4v) is 3.45. The Morgan fingerprint density at radius 2 is 1.90 bits per heavy atom. The Labute approximate surface area is 176 Å². The minimum atomic E-state index is -2.26. The highest BCUT2D eigenvalue weighted by Crippen LogP contribution is 2.37. The van der Waals surface area contributed by atoms with Crippen molar-refractivity contribution in [2.45, 2.75) is 55.6 Å². The Balaban J connectivity index is 1.86. The number of hydrogen-bond acceptors (Lipinski definition) is 12. The smallest absolute Gasteiger partial charge is 0.229 e. The second-order valence-electron chi connectivity index (χ2n) is 7.44. The third-order valence-corrected chi connectivity index (χ3v) is 5.28. The van der Waals surface area contributed by atoms with Gasteiger partial charge in [-0.1, -0.05) is 0 Å². The summed E-state index contributed by atoms with van der Waals surface area (Å²) in [6.45, 7) is -0.718. The highest BCUT2D eigenvalue weighted by atomic mass is 16.8. The number of rotatable bonds is 7. The molecule has 0 saturated carbocycles. The fourth-order valence-electron chi connectivity index (χ4n) is 3.45. The molecule has 12 heteroatoms. The van der Waals surface area contributed by atoms with E-state index < -0.39 is 67.7 Å². The minimum Gasteiger partial charge on any atom is -0.504 e. The molecule has 0 amide bonds. The highest BCUT2D eigenvalue weighted by Gasteiger charge is 2.58. The van der Waals surface area contributed by atoms with Crippen molar-refractivity contribution in [2.24, 2.45) is 0 Å². The monoisotopic (exact) mass is 446 g/mol. The second kappa shape index (κ2) is 9.32. The van der Waals surface area contributed by atoms with E-state index in [2.05, 4.69) is 0 Å². The van der Waals surface area contributed by atoms with Gasteiger partial charge in [-0.2, -0.15) is 0 Å². The summed E-state index contributed by atoms with van der Waals surface area (Å²) in [5.41, 5.74) is 0.225. The molecule has 12 nitrogen and oxygen atoms in total. The van der Waals surface area contributed by atoms with Gasteiger partial charge in [0.2, 0.25) is 12.1 Å². The van der Waals surface area contributed by atoms with E-state index >= 15 is 0 Å². The molecular weight excluding hydrogens is 420 g/mol. The summed E-state index contributed by atoms with van der Waals surface area (Å²) in [6.07, 6.45) is -10.8. The molecule has 31 heavy (non-hydrogen) atoms. The van der Waals surface area contributed by atoms with Gasteiger partial charge in [-0.05, 0) is 25.1 Å². The predicted octanol–water partition coefficient (Wildman–Crippen LogP) is -2.76. The summed E-state index contributed by atoms with van der Waals surface area (Å²) in [5.74, 6) is -3.09. The number of Topliss-reactive ketones (excluding diaryl/α,β-unsaturated/α-hetero) is 1. The highest BCUT2D eigenvalue weighted by molar-refractivity contribution is 5.94. The van der Waals surface area contributed by atoms with Crippen LogP contribution in [-0.2, 0) is 14.2 Å². The molecule has 1 aromatic rings. The zero-order valence-corrected chi connectivity index (χ0v) is 16.6. The minimum absolute atomic E-state index is 0.133. The van der Waals surface area contributed by atoms with E-state index in [1.54, 1.807) is 0 Å². The lowest BCUT2D eigenvalue weighted by Gasteiger charge is -2.42. The van der Waals surface area contributed by atoms with Gasteiger partial charge >= 0.3 is 0 Å². The van der Waals surface area contributed by atoms with Crippen LogP contribution >= 0.6 is 0 Å². The van der Waals surface area contributed by atoms with Crippen molar-refractivity contribution >= 4 is 5.78 Å². The van der Waals surface area contributed by atoms with Crippen molar-refractivity contribution in [3.05, 3.63) is 23.8 Å². The number of phenolic OH excluding ortho intramolecular Hbond substituents is 1. The topological polar surface area (TPSA) is 196 Å². The Kier molecular flexibility index (Phi) is 7.15. The number of benzene rings is 1. The van der Waals surface area contributed by atoms with Crippen LogP contribution in [0.3, 0.4) is 0 Å². The molecular formula is C19H26O12. The maximum atomic E-state index is 11.4. The molecule has 0 spiro atoms. The molecule has 1 aromatic carbocycles. The first-order chi connectivity index (χ1) is 14.6.